The highest BCUT2D eigenvalue weighted by molar-refractivity contribution is 7.99. The monoisotopic (exact) mass is 393 g/mol. The van der Waals surface area contributed by atoms with Gasteiger partial charge in [0.1, 0.15) is 5.75 Å². The molecular weight excluding hydrogens is 374 g/mol. The van der Waals surface area contributed by atoms with E-state index in [1.54, 1.807) is 6.07 Å². The zero-order chi connectivity index (χ0) is 19.0. The number of thioether (sulfide) groups is 1. The molecule has 4 heteroatoms. The summed E-state index contributed by atoms with van der Waals surface area (Å²) >= 11 is 8.19. The highest BCUT2D eigenvalue weighted by Crippen LogP contribution is 2.47. The lowest BCUT2D eigenvalue weighted by atomic mass is 9.99. The molecule has 4 rings (SSSR count). The number of hydrogen-bond donors (Lipinski definition) is 1. The molecule has 0 aliphatic carbocycles. The second-order valence-corrected chi connectivity index (χ2v) is 8.44. The molecule has 1 N–H and O–H groups in total. The smallest absolute Gasteiger partial charge is 0.125 e. The minimum atomic E-state index is 0.215. The number of aliphatic imine (C=N–C) groups is 1. The van der Waals surface area contributed by atoms with Gasteiger partial charge in [-0.15, -0.1) is 11.8 Å². The van der Waals surface area contributed by atoms with Crippen molar-refractivity contribution in [2.75, 3.05) is 0 Å². The first-order valence-corrected chi connectivity index (χ1v) is 10.2. The Labute approximate surface area is 168 Å². The fraction of sp³-hybridized carbons (Fsp3) is 0.174. The largest absolute Gasteiger partial charge is 0.507 e. The van der Waals surface area contributed by atoms with Crippen LogP contribution < -0.4 is 0 Å². The van der Waals surface area contributed by atoms with E-state index in [0.717, 1.165) is 23.4 Å². The number of nitrogens with zero attached hydrogens (tertiary/aromatic N) is 1. The maximum Gasteiger partial charge on any atom is 0.125 e. The first-order valence-electron chi connectivity index (χ1n) is 8.91. The highest BCUT2D eigenvalue weighted by Gasteiger charge is 2.25. The summed E-state index contributed by atoms with van der Waals surface area (Å²) in [5, 5.41) is 11.4. The van der Waals surface area contributed by atoms with Gasteiger partial charge in [-0.05, 0) is 48.7 Å². The Morgan fingerprint density at radius 2 is 1.78 bits per heavy atom. The minimum absolute atomic E-state index is 0.215. The topological polar surface area (TPSA) is 32.6 Å². The van der Waals surface area contributed by atoms with Crippen LogP contribution in [0.5, 0.6) is 5.75 Å². The molecule has 1 aliphatic rings. The lowest BCUT2D eigenvalue weighted by Gasteiger charge is -2.17. The summed E-state index contributed by atoms with van der Waals surface area (Å²) in [6, 6.07) is 20.2. The molecule has 1 unspecified atom stereocenters. The van der Waals surface area contributed by atoms with Crippen molar-refractivity contribution in [2.45, 2.75) is 30.4 Å². The SMILES string of the molecule is Cc1cc(O)c(C2=Nc3cccc(C)c3SC(c3ccccc3)C2)cc1Cl. The number of fused-ring (bicyclic) bond motifs is 1. The Morgan fingerprint density at radius 1 is 1.00 bits per heavy atom. The van der Waals surface area contributed by atoms with E-state index >= 15 is 0 Å². The molecule has 0 bridgehead atoms. The van der Waals surface area contributed by atoms with Crippen LogP contribution in [0.1, 0.15) is 33.9 Å². The molecule has 0 aromatic heterocycles. The van der Waals surface area contributed by atoms with Gasteiger partial charge in [-0.1, -0.05) is 54.1 Å². The predicted molar refractivity (Wildman–Crippen MR) is 115 cm³/mol. The first-order chi connectivity index (χ1) is 13.0. The molecule has 0 radical (unpaired) electrons. The molecule has 1 heterocycles. The summed E-state index contributed by atoms with van der Waals surface area (Å²) in [6.45, 7) is 4.01. The number of aromatic hydroxyl groups is 1. The lowest BCUT2D eigenvalue weighted by molar-refractivity contribution is 0.473. The van der Waals surface area contributed by atoms with E-state index in [2.05, 4.69) is 37.3 Å². The quantitative estimate of drug-likeness (QED) is 0.507. The number of halogens is 1. The van der Waals surface area contributed by atoms with Crippen molar-refractivity contribution in [3.8, 4) is 5.75 Å². The van der Waals surface area contributed by atoms with E-state index in [-0.39, 0.29) is 11.0 Å². The van der Waals surface area contributed by atoms with Gasteiger partial charge in [-0.2, -0.15) is 0 Å². The van der Waals surface area contributed by atoms with Gasteiger partial charge in [0.15, 0.2) is 0 Å². The molecule has 0 saturated carbocycles. The molecule has 1 atom stereocenters. The van der Waals surface area contributed by atoms with Crippen LogP contribution >= 0.6 is 23.4 Å². The molecule has 0 saturated heterocycles. The summed E-state index contributed by atoms with van der Waals surface area (Å²) in [5.74, 6) is 0.226. The first kappa shape index (κ1) is 18.1. The van der Waals surface area contributed by atoms with E-state index < -0.39 is 0 Å². The molecule has 2 nitrogen and oxygen atoms in total. The number of rotatable bonds is 2. The Hall–Kier alpha value is -2.23. The number of phenols is 1. The molecule has 136 valence electrons. The summed E-state index contributed by atoms with van der Waals surface area (Å²) < 4.78 is 0. The maximum atomic E-state index is 10.6. The second-order valence-electron chi connectivity index (χ2n) is 6.82. The van der Waals surface area contributed by atoms with Crippen molar-refractivity contribution >= 4 is 34.8 Å². The van der Waals surface area contributed by atoms with Crippen LogP contribution in [0.25, 0.3) is 0 Å². The van der Waals surface area contributed by atoms with Gasteiger partial charge in [0.2, 0.25) is 0 Å². The van der Waals surface area contributed by atoms with Crippen molar-refractivity contribution in [3.63, 3.8) is 0 Å². The summed E-state index contributed by atoms with van der Waals surface area (Å²) in [6.07, 6.45) is 0.718. The lowest BCUT2D eigenvalue weighted by Crippen LogP contribution is -2.06. The second kappa shape index (κ2) is 7.41. The third kappa shape index (κ3) is 3.62. The van der Waals surface area contributed by atoms with Crippen LogP contribution in [0.15, 0.2) is 70.6 Å². The number of hydrogen-bond acceptors (Lipinski definition) is 3. The van der Waals surface area contributed by atoms with Crippen molar-refractivity contribution in [3.05, 3.63) is 87.9 Å². The fourth-order valence-corrected chi connectivity index (χ4v) is 4.82. The van der Waals surface area contributed by atoms with Gasteiger partial charge in [0, 0.05) is 27.2 Å². The average molecular weight is 394 g/mol. The van der Waals surface area contributed by atoms with Gasteiger partial charge in [0.25, 0.3) is 0 Å². The zero-order valence-corrected chi connectivity index (χ0v) is 16.8. The van der Waals surface area contributed by atoms with Gasteiger partial charge >= 0.3 is 0 Å². The Balaban J connectivity index is 1.88. The van der Waals surface area contributed by atoms with Gasteiger partial charge in [-0.25, -0.2) is 0 Å². The molecule has 1 aliphatic heterocycles. The van der Waals surface area contributed by atoms with Crippen molar-refractivity contribution in [2.24, 2.45) is 4.99 Å². The Bertz CT molecular complexity index is 1030. The molecule has 3 aromatic rings. The minimum Gasteiger partial charge on any atom is -0.507 e. The molecule has 0 fully saturated rings. The van der Waals surface area contributed by atoms with E-state index in [9.17, 15) is 5.11 Å². The van der Waals surface area contributed by atoms with Crippen LogP contribution in [-0.2, 0) is 0 Å². The van der Waals surface area contributed by atoms with Gasteiger partial charge in [0.05, 0.1) is 11.4 Å². The van der Waals surface area contributed by atoms with Crippen molar-refractivity contribution in [1.82, 2.24) is 0 Å². The van der Waals surface area contributed by atoms with Crippen LogP contribution in [0.2, 0.25) is 5.02 Å². The van der Waals surface area contributed by atoms with Crippen LogP contribution in [0.4, 0.5) is 5.69 Å². The number of phenolic OH excluding ortho intramolecular Hbond substituents is 1. The number of aryl methyl sites for hydroxylation is 2. The fourth-order valence-electron chi connectivity index (χ4n) is 3.35. The van der Waals surface area contributed by atoms with Crippen molar-refractivity contribution in [1.29, 1.82) is 0 Å². The predicted octanol–water partition coefficient (Wildman–Crippen LogP) is 7.02. The molecule has 27 heavy (non-hydrogen) atoms. The van der Waals surface area contributed by atoms with E-state index in [4.69, 9.17) is 16.6 Å². The zero-order valence-electron chi connectivity index (χ0n) is 15.2. The van der Waals surface area contributed by atoms with Crippen molar-refractivity contribution < 1.29 is 5.11 Å². The Kier molecular flexibility index (Phi) is 4.98. The molecule has 0 amide bonds. The third-order valence-corrected chi connectivity index (χ3v) is 6.74. The standard InChI is InChI=1S/C23H20ClNOS/c1-14-7-6-10-19-23(14)27-22(16-8-4-3-5-9-16)13-20(25-19)17-12-18(24)15(2)11-21(17)26/h3-12,22,26H,13H2,1-2H3. The normalized spacial score (nSPS) is 16.4. The van der Waals surface area contributed by atoms with Crippen LogP contribution in [-0.4, -0.2) is 10.8 Å². The van der Waals surface area contributed by atoms with Gasteiger partial charge in [-0.3, -0.25) is 4.99 Å². The van der Waals surface area contributed by atoms with E-state index in [1.165, 1.54) is 16.0 Å². The van der Waals surface area contributed by atoms with E-state index in [0.29, 0.717) is 10.6 Å². The molecular formula is C23H20ClNOS. The molecule has 3 aromatic carbocycles. The Morgan fingerprint density at radius 3 is 2.56 bits per heavy atom. The highest BCUT2D eigenvalue weighted by atomic mass is 35.5. The molecule has 0 spiro atoms. The van der Waals surface area contributed by atoms with Crippen LogP contribution in [0.3, 0.4) is 0 Å². The van der Waals surface area contributed by atoms with E-state index in [1.807, 2.05) is 43.0 Å². The summed E-state index contributed by atoms with van der Waals surface area (Å²) in [4.78, 5) is 6.15. The number of benzene rings is 3. The summed E-state index contributed by atoms with van der Waals surface area (Å²) in [5.41, 5.74) is 5.85. The summed E-state index contributed by atoms with van der Waals surface area (Å²) in [7, 11) is 0. The average Bonchev–Trinajstić information content (AvgIpc) is 2.86. The third-order valence-electron chi connectivity index (χ3n) is 4.84. The van der Waals surface area contributed by atoms with Crippen LogP contribution in [0, 0.1) is 13.8 Å². The maximum absolute atomic E-state index is 10.6. The van der Waals surface area contributed by atoms with Gasteiger partial charge < -0.3 is 5.11 Å².